The number of nitrogens with one attached hydrogen (secondary N) is 3. The Labute approximate surface area is 581 Å². The molecule has 6 N–H and O–H groups in total. The number of carbonyl (C=O) groups excluding carboxylic acids is 4. The highest BCUT2D eigenvalue weighted by atomic mass is 16.6. The third-order valence-electron chi connectivity index (χ3n) is 17.2. The zero-order valence-electron chi connectivity index (χ0n) is 57.7. The highest BCUT2D eigenvalue weighted by Gasteiger charge is 2.43. The average Bonchev–Trinajstić information content (AvgIpc) is 1.63. The van der Waals surface area contributed by atoms with Crippen LogP contribution in [0.3, 0.4) is 0 Å². The lowest BCUT2D eigenvalue weighted by atomic mass is 9.88. The minimum absolute atomic E-state index is 0.0519. The van der Waals surface area contributed by atoms with Crippen LogP contribution in [-0.4, -0.2) is 117 Å². The Hall–Kier alpha value is -10.9. The number of likely N-dealkylation sites (tertiary alicyclic amines) is 2. The van der Waals surface area contributed by atoms with Gasteiger partial charge in [0.15, 0.2) is 0 Å². The number of carboxylic acid groups (broad SMARTS) is 1. The van der Waals surface area contributed by atoms with E-state index < -0.39 is 41.2 Å². The smallest absolute Gasteiger partial charge is 0.410 e. The maximum atomic E-state index is 13.5. The van der Waals surface area contributed by atoms with Crippen molar-refractivity contribution in [2.75, 3.05) is 77.0 Å². The van der Waals surface area contributed by atoms with Gasteiger partial charge in [0.25, 0.3) is 0 Å². The normalized spacial score (nSPS) is 17.7. The van der Waals surface area contributed by atoms with Crippen molar-refractivity contribution in [2.45, 2.75) is 70.5 Å². The van der Waals surface area contributed by atoms with Crippen molar-refractivity contribution < 1.29 is 52.8 Å². The predicted octanol–water partition coefficient (Wildman–Crippen LogP) is 15.9. The number of aliphatic carboxylic acids is 1. The van der Waals surface area contributed by atoms with Crippen molar-refractivity contribution in [3.05, 3.63) is 253 Å². The topological polar surface area (TPSA) is 220 Å². The van der Waals surface area contributed by atoms with E-state index in [1.807, 2.05) is 209 Å². The molecule has 17 nitrogen and oxygen atoms in total. The summed E-state index contributed by atoms with van der Waals surface area (Å²) in [6, 6.07) is 77.1. The molecule has 6 atom stereocenters. The number of ether oxygens (including phenoxy) is 5. The zero-order valence-corrected chi connectivity index (χ0v) is 57.7. The summed E-state index contributed by atoms with van der Waals surface area (Å²) in [5, 5.41) is 19.0. The lowest BCUT2D eigenvalue weighted by Crippen LogP contribution is -2.36. The van der Waals surface area contributed by atoms with Crippen LogP contribution in [0.4, 0.5) is 26.7 Å². The van der Waals surface area contributed by atoms with Crippen LogP contribution < -0.4 is 35.9 Å². The highest BCUT2D eigenvalue weighted by molar-refractivity contribution is 5.95. The number of methoxy groups -OCH3 is 3. The van der Waals surface area contributed by atoms with Crippen LogP contribution >= 0.6 is 0 Å². The Bertz CT molecular complexity index is 4110. The lowest BCUT2D eigenvalue weighted by Gasteiger charge is -2.24. The second kappa shape index (κ2) is 33.8. The van der Waals surface area contributed by atoms with E-state index >= 15 is 0 Å². The first-order chi connectivity index (χ1) is 47.5. The average molecular weight is 1340 g/mol. The van der Waals surface area contributed by atoms with E-state index in [0.29, 0.717) is 25.4 Å². The first-order valence-electron chi connectivity index (χ1n) is 33.2. The van der Waals surface area contributed by atoms with Gasteiger partial charge < -0.3 is 60.3 Å². The van der Waals surface area contributed by atoms with Crippen molar-refractivity contribution in [1.29, 1.82) is 0 Å². The van der Waals surface area contributed by atoms with Gasteiger partial charge in [-0.3, -0.25) is 14.4 Å². The van der Waals surface area contributed by atoms with Crippen molar-refractivity contribution in [3.8, 4) is 50.6 Å². The molecule has 3 aliphatic heterocycles. The molecule has 514 valence electrons. The van der Waals surface area contributed by atoms with Crippen LogP contribution in [0.2, 0.25) is 0 Å². The SMILES string of the molecule is COc1ccc([C@@H]2CN(C(=O)OC(C)(C)C)C[C@H]2C(=O)Nc2cccc(-c3ccccc3)c2)cc1.COc1ccc([C@@H]2CN(C(=O)OC(C)(C)C)C[C@H]2C(=O)O)cc1.COc1ccc([C@@H]2CNC[C@H]2C(=O)Nc2cccc(-c3ccccc3)c2)cc1.Nc1cccc(-c2ccccc2)c1. The number of nitrogens with zero attached hydrogens (tertiary/aromatic N) is 2. The fourth-order valence-electron chi connectivity index (χ4n) is 12.2. The van der Waals surface area contributed by atoms with Crippen LogP contribution in [0, 0.1) is 17.8 Å². The van der Waals surface area contributed by atoms with Gasteiger partial charge in [0, 0.05) is 74.1 Å². The molecular weight excluding hydrogens is 1240 g/mol. The van der Waals surface area contributed by atoms with Gasteiger partial charge in [0.2, 0.25) is 11.8 Å². The summed E-state index contributed by atoms with van der Waals surface area (Å²) in [7, 11) is 4.86. The number of benzene rings is 9. The monoisotopic (exact) mass is 1330 g/mol. The summed E-state index contributed by atoms with van der Waals surface area (Å²) in [5.41, 5.74) is 16.6. The van der Waals surface area contributed by atoms with E-state index in [1.54, 1.807) is 59.1 Å². The number of nitrogen functional groups attached to an aromatic ring is 1. The summed E-state index contributed by atoms with van der Waals surface area (Å²) in [6.07, 6.45) is -0.878. The zero-order chi connectivity index (χ0) is 70.6. The van der Waals surface area contributed by atoms with Gasteiger partial charge in [-0.15, -0.1) is 0 Å². The highest BCUT2D eigenvalue weighted by Crippen LogP contribution is 2.38. The summed E-state index contributed by atoms with van der Waals surface area (Å²) in [6.45, 7) is 13.5. The third kappa shape index (κ3) is 20.6. The number of hydrogen-bond acceptors (Lipinski definition) is 12. The van der Waals surface area contributed by atoms with Gasteiger partial charge >= 0.3 is 18.2 Å². The molecule has 0 aromatic heterocycles. The van der Waals surface area contributed by atoms with Crippen molar-refractivity contribution in [3.63, 3.8) is 0 Å². The number of hydrogen-bond donors (Lipinski definition) is 5. The molecular formula is C82H90N6O11. The van der Waals surface area contributed by atoms with E-state index in [-0.39, 0.29) is 48.6 Å². The molecule has 17 heteroatoms. The molecule has 3 saturated heterocycles. The summed E-state index contributed by atoms with van der Waals surface area (Å²) in [4.78, 5) is 66.2. The van der Waals surface area contributed by atoms with Gasteiger partial charge in [-0.25, -0.2) is 9.59 Å². The fraction of sp³-hybridized carbons (Fsp3) is 0.280. The lowest BCUT2D eigenvalue weighted by molar-refractivity contribution is -0.141. The molecule has 9 aromatic carbocycles. The molecule has 9 aromatic rings. The minimum atomic E-state index is -0.906. The Morgan fingerprint density at radius 2 is 0.747 bits per heavy atom. The maximum absolute atomic E-state index is 13.5. The Kier molecular flexibility index (Phi) is 24.7. The van der Waals surface area contributed by atoms with Crippen LogP contribution in [0.5, 0.6) is 17.2 Å². The van der Waals surface area contributed by atoms with Crippen molar-refractivity contribution in [1.82, 2.24) is 15.1 Å². The number of rotatable bonds is 14. The van der Waals surface area contributed by atoms with Gasteiger partial charge in [-0.1, -0.05) is 164 Å². The summed E-state index contributed by atoms with van der Waals surface area (Å²) < 4.78 is 26.6. The van der Waals surface area contributed by atoms with Crippen molar-refractivity contribution >= 4 is 47.0 Å². The largest absolute Gasteiger partial charge is 0.497 e. The number of anilines is 3. The first kappa shape index (κ1) is 72.4. The van der Waals surface area contributed by atoms with E-state index in [0.717, 1.165) is 74.1 Å². The molecule has 0 radical (unpaired) electrons. The van der Waals surface area contributed by atoms with E-state index in [4.69, 9.17) is 29.4 Å². The van der Waals surface area contributed by atoms with Crippen LogP contribution in [0.1, 0.15) is 76.0 Å². The molecule has 4 amide bonds. The molecule has 0 bridgehead atoms. The Morgan fingerprint density at radius 1 is 0.404 bits per heavy atom. The molecule has 3 fully saturated rings. The first-order valence-corrected chi connectivity index (χ1v) is 33.2. The summed E-state index contributed by atoms with van der Waals surface area (Å²) in [5.74, 6) is -0.124. The van der Waals surface area contributed by atoms with Gasteiger partial charge in [0.1, 0.15) is 28.5 Å². The Morgan fingerprint density at radius 3 is 1.12 bits per heavy atom. The molecule has 0 unspecified atom stereocenters. The minimum Gasteiger partial charge on any atom is -0.497 e. The molecule has 0 aliphatic carbocycles. The standard InChI is InChI=1S/C29H32N2O4.C24H24N2O2.C17H23NO5.C12H11N/c1-29(2,3)35-28(33)31-18-25(21-13-15-24(34-4)16-14-21)26(19-31)27(32)30-23-12-8-11-22(17-23)20-9-6-5-7-10-20;1-28-21-12-10-18(11-13-21)22-15-25-16-23(22)24(27)26-20-9-5-8-19(14-20)17-6-3-2-4-7-17;1-17(2,3)23-16(21)18-9-13(14(10-18)15(19)20)11-5-7-12(22-4)8-6-11;13-12-8-4-7-11(9-12)10-5-2-1-3-6-10/h5-17,25-26H,18-19H2,1-4H3,(H,30,32);2-14,22-23,25H,15-16H2,1H3,(H,26,27);5-8,13-14H,9-10H2,1-4H3,(H,19,20);1-9H,13H2/t25-,26+;22-,23+;13-,14+;/m000./s1. The Balaban J connectivity index is 0.000000161. The second-order valence-electron chi connectivity index (χ2n) is 26.6. The number of carbonyl (C=O) groups is 5. The molecule has 12 rings (SSSR count). The number of nitrogens with two attached hydrogens (primary N) is 1. The van der Waals surface area contributed by atoms with Crippen molar-refractivity contribution in [2.24, 2.45) is 17.8 Å². The molecule has 0 saturated carbocycles. The molecule has 3 aliphatic rings. The van der Waals surface area contributed by atoms with E-state index in [1.165, 1.54) is 16.0 Å². The summed E-state index contributed by atoms with van der Waals surface area (Å²) >= 11 is 0. The number of amides is 4. The van der Waals surface area contributed by atoms with Gasteiger partial charge in [-0.05, 0) is 164 Å². The fourth-order valence-corrected chi connectivity index (χ4v) is 12.2. The van der Waals surface area contributed by atoms with E-state index in [2.05, 4.69) is 52.3 Å². The number of carboxylic acids is 1. The molecule has 99 heavy (non-hydrogen) atoms. The van der Waals surface area contributed by atoms with Crippen LogP contribution in [-0.2, 0) is 23.9 Å². The van der Waals surface area contributed by atoms with Crippen LogP contribution in [0.25, 0.3) is 33.4 Å². The second-order valence-corrected chi connectivity index (χ2v) is 26.6. The van der Waals surface area contributed by atoms with Crippen LogP contribution in [0.15, 0.2) is 237 Å². The van der Waals surface area contributed by atoms with Gasteiger partial charge in [-0.2, -0.15) is 0 Å². The van der Waals surface area contributed by atoms with E-state index in [9.17, 15) is 29.1 Å². The quantitative estimate of drug-likeness (QED) is 0.0641. The molecule has 3 heterocycles. The third-order valence-corrected chi connectivity index (χ3v) is 17.2. The predicted molar refractivity (Wildman–Crippen MR) is 391 cm³/mol. The molecule has 0 spiro atoms. The van der Waals surface area contributed by atoms with Gasteiger partial charge in [0.05, 0.1) is 39.1 Å². The maximum Gasteiger partial charge on any atom is 0.410 e.